The van der Waals surface area contributed by atoms with Crippen LogP contribution in [-0.2, 0) is 5.88 Å². The van der Waals surface area contributed by atoms with E-state index < -0.39 is 4.92 Å². The van der Waals surface area contributed by atoms with E-state index >= 15 is 0 Å². The predicted molar refractivity (Wildman–Crippen MR) is 76.8 cm³/mol. The van der Waals surface area contributed by atoms with Crippen LogP contribution < -0.4 is 0 Å². The molecule has 0 bridgehead atoms. The SMILES string of the molecule is Cc1ccc(-c2nnc(CCl)n2C(C)C)cc1[N+](=O)[O-]. The number of benzene rings is 1. The van der Waals surface area contributed by atoms with Crippen molar-refractivity contribution in [1.82, 2.24) is 14.8 Å². The number of rotatable bonds is 4. The summed E-state index contributed by atoms with van der Waals surface area (Å²) in [5.74, 6) is 1.50. The Bertz CT molecular complexity index is 652. The van der Waals surface area contributed by atoms with E-state index in [1.54, 1.807) is 13.0 Å². The first kappa shape index (κ1) is 14.5. The molecule has 0 amide bonds. The summed E-state index contributed by atoms with van der Waals surface area (Å²) in [6.45, 7) is 5.69. The minimum atomic E-state index is -0.391. The van der Waals surface area contributed by atoms with Crippen LogP contribution in [0.5, 0.6) is 0 Å². The summed E-state index contributed by atoms with van der Waals surface area (Å²) in [5, 5.41) is 19.2. The number of aryl methyl sites for hydroxylation is 1. The first-order valence-electron chi connectivity index (χ1n) is 6.20. The minimum absolute atomic E-state index is 0.0771. The van der Waals surface area contributed by atoms with E-state index in [4.69, 9.17) is 11.6 Å². The molecule has 7 heteroatoms. The number of nitro benzene ring substituents is 1. The second-order valence-corrected chi connectivity index (χ2v) is 5.06. The second-order valence-electron chi connectivity index (χ2n) is 4.80. The highest BCUT2D eigenvalue weighted by Crippen LogP contribution is 2.28. The molecule has 0 aliphatic rings. The summed E-state index contributed by atoms with van der Waals surface area (Å²) < 4.78 is 1.89. The number of aromatic nitrogens is 3. The van der Waals surface area contributed by atoms with Crippen molar-refractivity contribution in [3.8, 4) is 11.4 Å². The Morgan fingerprint density at radius 3 is 2.65 bits per heavy atom. The van der Waals surface area contributed by atoms with Crippen LogP contribution in [0.4, 0.5) is 5.69 Å². The zero-order chi connectivity index (χ0) is 14.9. The molecule has 1 aromatic carbocycles. The quantitative estimate of drug-likeness (QED) is 0.491. The van der Waals surface area contributed by atoms with E-state index in [0.717, 1.165) is 0 Å². The van der Waals surface area contributed by atoms with Gasteiger partial charge in [-0.05, 0) is 20.8 Å². The van der Waals surface area contributed by atoms with Crippen molar-refractivity contribution < 1.29 is 4.92 Å². The lowest BCUT2D eigenvalue weighted by atomic mass is 10.1. The Balaban J connectivity index is 2.60. The highest BCUT2D eigenvalue weighted by atomic mass is 35.5. The highest BCUT2D eigenvalue weighted by molar-refractivity contribution is 6.16. The van der Waals surface area contributed by atoms with Gasteiger partial charge in [0.25, 0.3) is 5.69 Å². The third-order valence-corrected chi connectivity index (χ3v) is 3.31. The molecular weight excluding hydrogens is 280 g/mol. The number of alkyl halides is 1. The fraction of sp³-hybridized carbons (Fsp3) is 0.385. The maximum Gasteiger partial charge on any atom is 0.273 e. The summed E-state index contributed by atoms with van der Waals surface area (Å²) in [7, 11) is 0. The van der Waals surface area contributed by atoms with Crippen LogP contribution in [0.2, 0.25) is 0 Å². The molecule has 6 nitrogen and oxygen atoms in total. The van der Waals surface area contributed by atoms with E-state index in [1.165, 1.54) is 6.07 Å². The van der Waals surface area contributed by atoms with Crippen molar-refractivity contribution in [3.05, 3.63) is 39.7 Å². The lowest BCUT2D eigenvalue weighted by Crippen LogP contribution is -2.07. The molecular formula is C13H15ClN4O2. The maximum absolute atomic E-state index is 11.0. The molecule has 0 unspecified atom stereocenters. The Morgan fingerprint density at radius 2 is 2.10 bits per heavy atom. The van der Waals surface area contributed by atoms with Crippen LogP contribution in [0.25, 0.3) is 11.4 Å². The standard InChI is InChI=1S/C13H15ClN4O2/c1-8(2)17-12(7-14)15-16-13(17)10-5-4-9(3)11(6-10)18(19)20/h4-6,8H,7H2,1-3H3. The average Bonchev–Trinajstić information content (AvgIpc) is 2.82. The van der Waals surface area contributed by atoms with Gasteiger partial charge in [0.15, 0.2) is 5.82 Å². The van der Waals surface area contributed by atoms with Crippen LogP contribution in [0, 0.1) is 17.0 Å². The first-order valence-corrected chi connectivity index (χ1v) is 6.74. The monoisotopic (exact) mass is 294 g/mol. The number of halogens is 1. The number of nitro groups is 1. The van der Waals surface area contributed by atoms with Crippen molar-refractivity contribution in [2.45, 2.75) is 32.7 Å². The lowest BCUT2D eigenvalue weighted by molar-refractivity contribution is -0.385. The molecule has 2 rings (SSSR count). The van der Waals surface area contributed by atoms with E-state index in [2.05, 4.69) is 10.2 Å². The Morgan fingerprint density at radius 1 is 1.40 bits per heavy atom. The van der Waals surface area contributed by atoms with Crippen molar-refractivity contribution in [1.29, 1.82) is 0 Å². The zero-order valence-corrected chi connectivity index (χ0v) is 12.3. The van der Waals surface area contributed by atoms with Crippen molar-refractivity contribution >= 4 is 17.3 Å². The molecule has 0 spiro atoms. The third-order valence-electron chi connectivity index (χ3n) is 3.07. The van der Waals surface area contributed by atoms with Gasteiger partial charge in [0.1, 0.15) is 5.82 Å². The minimum Gasteiger partial charge on any atom is -0.307 e. The molecule has 0 atom stereocenters. The fourth-order valence-corrected chi connectivity index (χ4v) is 2.28. The number of hydrogen-bond acceptors (Lipinski definition) is 4. The molecule has 20 heavy (non-hydrogen) atoms. The smallest absolute Gasteiger partial charge is 0.273 e. The maximum atomic E-state index is 11.0. The molecule has 0 aliphatic heterocycles. The van der Waals surface area contributed by atoms with Crippen LogP contribution in [-0.4, -0.2) is 19.7 Å². The highest BCUT2D eigenvalue weighted by Gasteiger charge is 2.19. The molecule has 2 aromatic rings. The molecule has 0 saturated heterocycles. The molecule has 0 saturated carbocycles. The van der Waals surface area contributed by atoms with Gasteiger partial charge in [-0.1, -0.05) is 12.1 Å². The van der Waals surface area contributed by atoms with Gasteiger partial charge in [0.05, 0.1) is 10.8 Å². The Kier molecular flexibility index (Phi) is 4.04. The molecule has 0 N–H and O–H groups in total. The molecule has 0 aliphatic carbocycles. The van der Waals surface area contributed by atoms with Crippen LogP contribution in [0.3, 0.4) is 0 Å². The summed E-state index contributed by atoms with van der Waals surface area (Å²) in [6, 6.07) is 5.17. The largest absolute Gasteiger partial charge is 0.307 e. The average molecular weight is 295 g/mol. The number of hydrogen-bond donors (Lipinski definition) is 0. The molecule has 1 aromatic heterocycles. The van der Waals surface area contributed by atoms with E-state index in [0.29, 0.717) is 22.8 Å². The van der Waals surface area contributed by atoms with Gasteiger partial charge in [0, 0.05) is 23.2 Å². The van der Waals surface area contributed by atoms with Gasteiger partial charge in [-0.2, -0.15) is 0 Å². The summed E-state index contributed by atoms with van der Waals surface area (Å²) in [6.07, 6.45) is 0. The Labute approximate surface area is 121 Å². The molecule has 1 heterocycles. The molecule has 106 valence electrons. The van der Waals surface area contributed by atoms with Crippen molar-refractivity contribution in [2.24, 2.45) is 0 Å². The van der Waals surface area contributed by atoms with Crippen LogP contribution in [0.15, 0.2) is 18.2 Å². The topological polar surface area (TPSA) is 73.8 Å². The number of nitrogens with zero attached hydrogens (tertiary/aromatic N) is 4. The normalized spacial score (nSPS) is 11.1. The van der Waals surface area contributed by atoms with E-state index in [-0.39, 0.29) is 17.6 Å². The van der Waals surface area contributed by atoms with Crippen molar-refractivity contribution in [2.75, 3.05) is 0 Å². The van der Waals surface area contributed by atoms with E-state index in [9.17, 15) is 10.1 Å². The second kappa shape index (κ2) is 5.58. The first-order chi connectivity index (χ1) is 9.45. The Hall–Kier alpha value is -1.95. The predicted octanol–water partition coefficient (Wildman–Crippen LogP) is 3.48. The summed E-state index contributed by atoms with van der Waals surface area (Å²) in [5.41, 5.74) is 1.36. The molecule has 0 radical (unpaired) electrons. The van der Waals surface area contributed by atoms with Crippen molar-refractivity contribution in [3.63, 3.8) is 0 Å². The van der Waals surface area contributed by atoms with Gasteiger partial charge in [-0.25, -0.2) is 0 Å². The van der Waals surface area contributed by atoms with Crippen LogP contribution >= 0.6 is 11.6 Å². The van der Waals surface area contributed by atoms with Gasteiger partial charge in [0.2, 0.25) is 0 Å². The van der Waals surface area contributed by atoms with Gasteiger partial charge < -0.3 is 4.57 Å². The zero-order valence-electron chi connectivity index (χ0n) is 11.5. The van der Waals surface area contributed by atoms with Gasteiger partial charge in [-0.15, -0.1) is 21.8 Å². The lowest BCUT2D eigenvalue weighted by Gasteiger charge is -2.13. The van der Waals surface area contributed by atoms with Gasteiger partial charge >= 0.3 is 0 Å². The third kappa shape index (κ3) is 2.51. The van der Waals surface area contributed by atoms with Gasteiger partial charge in [-0.3, -0.25) is 10.1 Å². The summed E-state index contributed by atoms with van der Waals surface area (Å²) >= 11 is 5.85. The van der Waals surface area contributed by atoms with Crippen LogP contribution in [0.1, 0.15) is 31.3 Å². The molecule has 0 fully saturated rings. The van der Waals surface area contributed by atoms with E-state index in [1.807, 2.05) is 24.5 Å². The summed E-state index contributed by atoms with van der Waals surface area (Å²) in [4.78, 5) is 10.6. The fourth-order valence-electron chi connectivity index (χ4n) is 2.10.